The molecule has 0 spiro atoms. The van der Waals surface area contributed by atoms with E-state index in [0.29, 0.717) is 12.2 Å². The predicted octanol–water partition coefficient (Wildman–Crippen LogP) is 2.56. The lowest BCUT2D eigenvalue weighted by molar-refractivity contribution is 0.0947. The molecule has 0 aliphatic rings. The highest BCUT2D eigenvalue weighted by molar-refractivity contribution is 6.04. The number of nitrogens with one attached hydrogen (secondary N) is 2. The van der Waals surface area contributed by atoms with E-state index in [2.05, 4.69) is 21.6 Å². The lowest BCUT2D eigenvalue weighted by atomic mass is 10.1. The van der Waals surface area contributed by atoms with Gasteiger partial charge in [0.15, 0.2) is 5.69 Å². The van der Waals surface area contributed by atoms with Crippen molar-refractivity contribution in [2.45, 2.75) is 6.54 Å². The monoisotopic (exact) mass is 294 g/mol. The Bertz CT molecular complexity index is 807. The van der Waals surface area contributed by atoms with Gasteiger partial charge in [0.25, 0.3) is 5.91 Å². The number of para-hydroxylation sites is 1. The van der Waals surface area contributed by atoms with Gasteiger partial charge in [0.2, 0.25) is 0 Å². The zero-order valence-corrected chi connectivity index (χ0v) is 12.6. The van der Waals surface area contributed by atoms with Crippen LogP contribution in [0.25, 0.3) is 10.9 Å². The van der Waals surface area contributed by atoms with Crippen LogP contribution in [0, 0.1) is 0 Å². The van der Waals surface area contributed by atoms with E-state index in [-0.39, 0.29) is 5.91 Å². The van der Waals surface area contributed by atoms with E-state index in [0.717, 1.165) is 22.2 Å². The van der Waals surface area contributed by atoms with Gasteiger partial charge in [-0.3, -0.25) is 9.89 Å². The molecule has 0 fully saturated rings. The summed E-state index contributed by atoms with van der Waals surface area (Å²) in [5.41, 5.74) is 3.46. The highest BCUT2D eigenvalue weighted by Crippen LogP contribution is 2.16. The summed E-state index contributed by atoms with van der Waals surface area (Å²) in [5.74, 6) is -0.173. The van der Waals surface area contributed by atoms with Crippen molar-refractivity contribution < 1.29 is 4.79 Å². The number of carbonyl (C=O) groups excluding carboxylic acids is 1. The van der Waals surface area contributed by atoms with E-state index in [1.54, 1.807) is 0 Å². The zero-order chi connectivity index (χ0) is 15.5. The standard InChI is InChI=1S/C17H18N4O/c1-21(2)13-7-5-6-12(10-13)11-18-17(22)16-14-8-3-4-9-15(14)19-20-16/h3-10H,11H2,1-2H3,(H,18,22)(H,19,20). The molecule has 1 amide bonds. The van der Waals surface area contributed by atoms with Gasteiger partial charge in [0.1, 0.15) is 0 Å². The lowest BCUT2D eigenvalue weighted by Crippen LogP contribution is -2.23. The number of H-pyrrole nitrogens is 1. The summed E-state index contributed by atoms with van der Waals surface area (Å²) in [4.78, 5) is 14.3. The SMILES string of the molecule is CN(C)c1cccc(CNC(=O)c2n[nH]c3ccccc23)c1. The van der Waals surface area contributed by atoms with E-state index in [9.17, 15) is 4.79 Å². The fourth-order valence-corrected chi connectivity index (χ4v) is 2.35. The third-order valence-electron chi connectivity index (χ3n) is 3.57. The number of aromatic amines is 1. The maximum absolute atomic E-state index is 12.3. The van der Waals surface area contributed by atoms with Crippen molar-refractivity contribution in [1.29, 1.82) is 0 Å². The smallest absolute Gasteiger partial charge is 0.272 e. The van der Waals surface area contributed by atoms with Gasteiger partial charge in [-0.25, -0.2) is 0 Å². The van der Waals surface area contributed by atoms with Crippen LogP contribution in [0.3, 0.4) is 0 Å². The number of carbonyl (C=O) groups is 1. The largest absolute Gasteiger partial charge is 0.378 e. The van der Waals surface area contributed by atoms with Crippen LogP contribution in [0.15, 0.2) is 48.5 Å². The summed E-state index contributed by atoms with van der Waals surface area (Å²) in [6.45, 7) is 0.474. The Hall–Kier alpha value is -2.82. The van der Waals surface area contributed by atoms with Crippen molar-refractivity contribution in [3.05, 3.63) is 59.8 Å². The number of rotatable bonds is 4. The average Bonchev–Trinajstić information content (AvgIpc) is 2.97. The molecule has 22 heavy (non-hydrogen) atoms. The summed E-state index contributed by atoms with van der Waals surface area (Å²) < 4.78 is 0. The van der Waals surface area contributed by atoms with Crippen LogP contribution < -0.4 is 10.2 Å². The van der Waals surface area contributed by atoms with Crippen LogP contribution in [0.5, 0.6) is 0 Å². The number of fused-ring (bicyclic) bond motifs is 1. The van der Waals surface area contributed by atoms with Crippen LogP contribution in [0.1, 0.15) is 16.1 Å². The lowest BCUT2D eigenvalue weighted by Gasteiger charge is -2.13. The molecule has 112 valence electrons. The van der Waals surface area contributed by atoms with Gasteiger partial charge in [0, 0.05) is 31.7 Å². The van der Waals surface area contributed by atoms with E-state index >= 15 is 0 Å². The minimum Gasteiger partial charge on any atom is -0.378 e. The third kappa shape index (κ3) is 2.79. The second-order valence-electron chi connectivity index (χ2n) is 5.36. The first-order valence-corrected chi connectivity index (χ1v) is 7.13. The molecule has 5 nitrogen and oxygen atoms in total. The van der Waals surface area contributed by atoms with Gasteiger partial charge in [-0.1, -0.05) is 30.3 Å². The summed E-state index contributed by atoms with van der Waals surface area (Å²) in [5, 5.41) is 10.7. The summed E-state index contributed by atoms with van der Waals surface area (Å²) in [7, 11) is 3.99. The maximum atomic E-state index is 12.3. The number of benzene rings is 2. The summed E-state index contributed by atoms with van der Waals surface area (Å²) in [6, 6.07) is 15.7. The maximum Gasteiger partial charge on any atom is 0.272 e. The van der Waals surface area contributed by atoms with Gasteiger partial charge in [-0.15, -0.1) is 0 Å². The van der Waals surface area contributed by atoms with Crippen LogP contribution >= 0.6 is 0 Å². The van der Waals surface area contributed by atoms with E-state index < -0.39 is 0 Å². The van der Waals surface area contributed by atoms with Crippen LogP contribution in [0.2, 0.25) is 0 Å². The number of anilines is 1. The second-order valence-corrected chi connectivity index (χ2v) is 5.36. The van der Waals surface area contributed by atoms with Crippen molar-refractivity contribution in [3.8, 4) is 0 Å². The van der Waals surface area contributed by atoms with Gasteiger partial charge < -0.3 is 10.2 Å². The molecule has 2 aromatic carbocycles. The van der Waals surface area contributed by atoms with Crippen LogP contribution in [-0.2, 0) is 6.54 Å². The first kappa shape index (κ1) is 14.1. The van der Waals surface area contributed by atoms with Gasteiger partial charge >= 0.3 is 0 Å². The molecular weight excluding hydrogens is 276 g/mol. The van der Waals surface area contributed by atoms with E-state index in [4.69, 9.17) is 0 Å². The van der Waals surface area contributed by atoms with Crippen LogP contribution in [0.4, 0.5) is 5.69 Å². The Morgan fingerprint density at radius 3 is 2.82 bits per heavy atom. The number of hydrogen-bond donors (Lipinski definition) is 2. The second kappa shape index (κ2) is 5.89. The topological polar surface area (TPSA) is 61.0 Å². The van der Waals surface area contributed by atoms with Crippen molar-refractivity contribution in [1.82, 2.24) is 15.5 Å². The zero-order valence-electron chi connectivity index (χ0n) is 12.6. The van der Waals surface area contributed by atoms with Gasteiger partial charge in [0.05, 0.1) is 5.52 Å². The third-order valence-corrected chi connectivity index (χ3v) is 3.57. The Morgan fingerprint density at radius 2 is 2.00 bits per heavy atom. The summed E-state index contributed by atoms with van der Waals surface area (Å²) >= 11 is 0. The van der Waals surface area contributed by atoms with Crippen molar-refractivity contribution in [2.75, 3.05) is 19.0 Å². The van der Waals surface area contributed by atoms with Crippen molar-refractivity contribution in [2.24, 2.45) is 0 Å². The molecule has 0 radical (unpaired) electrons. The first-order valence-electron chi connectivity index (χ1n) is 7.13. The molecule has 3 aromatic rings. The number of aromatic nitrogens is 2. The number of hydrogen-bond acceptors (Lipinski definition) is 3. The molecule has 0 unspecified atom stereocenters. The minimum atomic E-state index is -0.173. The fourth-order valence-electron chi connectivity index (χ4n) is 2.35. The molecule has 0 aliphatic heterocycles. The number of nitrogens with zero attached hydrogens (tertiary/aromatic N) is 2. The van der Waals surface area contributed by atoms with Gasteiger partial charge in [-0.05, 0) is 23.8 Å². The molecule has 2 N–H and O–H groups in total. The Balaban J connectivity index is 1.74. The van der Waals surface area contributed by atoms with E-state index in [1.807, 2.05) is 61.5 Å². The highest BCUT2D eigenvalue weighted by Gasteiger charge is 2.13. The fraction of sp³-hybridized carbons (Fsp3) is 0.176. The molecule has 1 heterocycles. The van der Waals surface area contributed by atoms with Gasteiger partial charge in [-0.2, -0.15) is 5.10 Å². The molecule has 0 saturated carbocycles. The molecule has 0 atom stereocenters. The molecule has 0 bridgehead atoms. The summed E-state index contributed by atoms with van der Waals surface area (Å²) in [6.07, 6.45) is 0. The number of amides is 1. The molecule has 0 saturated heterocycles. The molecular formula is C17H18N4O. The Morgan fingerprint density at radius 1 is 1.18 bits per heavy atom. The van der Waals surface area contributed by atoms with Crippen molar-refractivity contribution >= 4 is 22.5 Å². The Kier molecular flexibility index (Phi) is 3.78. The average molecular weight is 294 g/mol. The minimum absolute atomic E-state index is 0.173. The normalized spacial score (nSPS) is 10.6. The van der Waals surface area contributed by atoms with E-state index in [1.165, 1.54) is 0 Å². The van der Waals surface area contributed by atoms with Crippen molar-refractivity contribution in [3.63, 3.8) is 0 Å². The molecule has 1 aromatic heterocycles. The Labute approximate surface area is 128 Å². The first-order chi connectivity index (χ1) is 10.6. The molecule has 5 heteroatoms. The highest BCUT2D eigenvalue weighted by atomic mass is 16.1. The van der Waals surface area contributed by atoms with Crippen LogP contribution in [-0.4, -0.2) is 30.2 Å². The predicted molar refractivity (Wildman–Crippen MR) is 88.0 cm³/mol. The quantitative estimate of drug-likeness (QED) is 0.777. The molecule has 3 rings (SSSR count). The molecule has 0 aliphatic carbocycles.